The Kier molecular flexibility index (Phi) is 4.59. The molecule has 1 aromatic rings. The summed E-state index contributed by atoms with van der Waals surface area (Å²) in [5.74, 6) is -0.0271. The van der Waals surface area contributed by atoms with Crippen LogP contribution in [-0.4, -0.2) is 12.5 Å². The van der Waals surface area contributed by atoms with Crippen LogP contribution in [-0.2, 0) is 11.3 Å². The van der Waals surface area contributed by atoms with Gasteiger partial charge < -0.3 is 10.6 Å². The highest BCUT2D eigenvalue weighted by Gasteiger charge is 2.34. The van der Waals surface area contributed by atoms with Crippen molar-refractivity contribution in [2.75, 3.05) is 11.9 Å². The average Bonchev–Trinajstić information content (AvgIpc) is 2.34. The van der Waals surface area contributed by atoms with E-state index in [0.717, 1.165) is 18.8 Å². The van der Waals surface area contributed by atoms with Crippen molar-refractivity contribution >= 4 is 11.6 Å². The first-order valence-electron chi connectivity index (χ1n) is 7.21. The van der Waals surface area contributed by atoms with Crippen LogP contribution in [0.5, 0.6) is 0 Å². The fraction of sp³-hybridized carbons (Fsp3) is 0.562. The second kappa shape index (κ2) is 6.20. The largest absolute Gasteiger partial charge is 0.326 e. The second-order valence-electron chi connectivity index (χ2n) is 5.69. The molecule has 1 amide bonds. The predicted molar refractivity (Wildman–Crippen MR) is 79.0 cm³/mol. The second-order valence-corrected chi connectivity index (χ2v) is 5.69. The number of carbonyl (C=O) groups excluding carboxylic acids is 1. The minimum atomic E-state index is -0.0271. The Bertz CT molecular complexity index is 415. The van der Waals surface area contributed by atoms with Crippen LogP contribution in [0.15, 0.2) is 24.3 Å². The van der Waals surface area contributed by atoms with Crippen molar-refractivity contribution in [1.29, 1.82) is 0 Å². The maximum absolute atomic E-state index is 10.9. The van der Waals surface area contributed by atoms with Gasteiger partial charge in [0.25, 0.3) is 0 Å². The SMILES string of the molecule is CCC1(CNCc2ccc(NC(C)=O)cc2)CCC1. The smallest absolute Gasteiger partial charge is 0.221 e. The van der Waals surface area contributed by atoms with Crippen LogP contribution < -0.4 is 10.6 Å². The Hall–Kier alpha value is -1.35. The molecule has 0 saturated heterocycles. The lowest BCUT2D eigenvalue weighted by Crippen LogP contribution is -2.39. The number of rotatable bonds is 6. The highest BCUT2D eigenvalue weighted by atomic mass is 16.1. The molecule has 0 aromatic heterocycles. The Morgan fingerprint density at radius 2 is 1.95 bits per heavy atom. The summed E-state index contributed by atoms with van der Waals surface area (Å²) in [6.45, 7) is 5.85. The first-order chi connectivity index (χ1) is 9.13. The van der Waals surface area contributed by atoms with E-state index in [0.29, 0.717) is 5.41 Å². The third-order valence-electron chi connectivity index (χ3n) is 4.27. The van der Waals surface area contributed by atoms with Crippen molar-refractivity contribution in [2.24, 2.45) is 5.41 Å². The molecule has 19 heavy (non-hydrogen) atoms. The van der Waals surface area contributed by atoms with Crippen LogP contribution >= 0.6 is 0 Å². The van der Waals surface area contributed by atoms with E-state index in [9.17, 15) is 4.79 Å². The molecule has 1 aliphatic carbocycles. The number of hydrogen-bond acceptors (Lipinski definition) is 2. The van der Waals surface area contributed by atoms with Gasteiger partial charge in [-0.2, -0.15) is 0 Å². The molecule has 0 atom stereocenters. The standard InChI is InChI=1S/C16H24N2O/c1-3-16(9-4-10-16)12-17-11-14-5-7-15(8-6-14)18-13(2)19/h5-8,17H,3-4,9-12H2,1-2H3,(H,18,19). The van der Waals surface area contributed by atoms with Crippen molar-refractivity contribution < 1.29 is 4.79 Å². The van der Waals surface area contributed by atoms with E-state index in [1.165, 1.54) is 38.2 Å². The van der Waals surface area contributed by atoms with Crippen molar-refractivity contribution in [2.45, 2.75) is 46.1 Å². The van der Waals surface area contributed by atoms with Crippen LogP contribution in [0, 0.1) is 5.41 Å². The molecule has 0 spiro atoms. The first kappa shape index (κ1) is 14.1. The zero-order valence-corrected chi connectivity index (χ0v) is 12.0. The molecule has 1 saturated carbocycles. The number of amides is 1. The van der Waals surface area contributed by atoms with E-state index in [4.69, 9.17) is 0 Å². The Balaban J connectivity index is 1.78. The summed E-state index contributed by atoms with van der Waals surface area (Å²) < 4.78 is 0. The lowest BCUT2D eigenvalue weighted by molar-refractivity contribution is -0.114. The van der Waals surface area contributed by atoms with Crippen LogP contribution in [0.25, 0.3) is 0 Å². The van der Waals surface area contributed by atoms with Gasteiger partial charge in [-0.15, -0.1) is 0 Å². The predicted octanol–water partition coefficient (Wildman–Crippen LogP) is 3.31. The Labute approximate surface area is 115 Å². The highest BCUT2D eigenvalue weighted by molar-refractivity contribution is 5.88. The van der Waals surface area contributed by atoms with Gasteiger partial charge in [-0.1, -0.05) is 25.5 Å². The molecule has 0 aliphatic heterocycles. The molecule has 1 aliphatic rings. The molecule has 3 nitrogen and oxygen atoms in total. The number of nitrogens with one attached hydrogen (secondary N) is 2. The van der Waals surface area contributed by atoms with E-state index >= 15 is 0 Å². The molecule has 0 heterocycles. The van der Waals surface area contributed by atoms with Gasteiger partial charge in [-0.25, -0.2) is 0 Å². The Morgan fingerprint density at radius 3 is 2.42 bits per heavy atom. The van der Waals surface area contributed by atoms with E-state index < -0.39 is 0 Å². The lowest BCUT2D eigenvalue weighted by atomic mass is 9.67. The fourth-order valence-electron chi connectivity index (χ4n) is 2.71. The Morgan fingerprint density at radius 1 is 1.26 bits per heavy atom. The van der Waals surface area contributed by atoms with Gasteiger partial charge in [0.1, 0.15) is 0 Å². The monoisotopic (exact) mass is 260 g/mol. The van der Waals surface area contributed by atoms with Gasteiger partial charge in [-0.05, 0) is 42.4 Å². The molecular weight excluding hydrogens is 236 g/mol. The van der Waals surface area contributed by atoms with Crippen LogP contribution in [0.2, 0.25) is 0 Å². The summed E-state index contributed by atoms with van der Waals surface area (Å²) in [5.41, 5.74) is 2.69. The first-order valence-corrected chi connectivity index (χ1v) is 7.21. The molecule has 0 unspecified atom stereocenters. The maximum Gasteiger partial charge on any atom is 0.221 e. The normalized spacial score (nSPS) is 16.7. The van der Waals surface area contributed by atoms with Gasteiger partial charge >= 0.3 is 0 Å². The lowest BCUT2D eigenvalue weighted by Gasteiger charge is -2.41. The van der Waals surface area contributed by atoms with E-state index in [2.05, 4.69) is 29.7 Å². The molecule has 1 aromatic carbocycles. The van der Waals surface area contributed by atoms with Crippen molar-refractivity contribution in [3.8, 4) is 0 Å². The molecule has 2 rings (SSSR count). The quantitative estimate of drug-likeness (QED) is 0.824. The van der Waals surface area contributed by atoms with E-state index in [1.54, 1.807) is 0 Å². The number of hydrogen-bond donors (Lipinski definition) is 2. The van der Waals surface area contributed by atoms with E-state index in [1.807, 2.05) is 12.1 Å². The molecule has 0 bridgehead atoms. The van der Waals surface area contributed by atoms with Crippen LogP contribution in [0.1, 0.15) is 45.1 Å². The van der Waals surface area contributed by atoms with Gasteiger partial charge in [0.05, 0.1) is 0 Å². The van der Waals surface area contributed by atoms with Gasteiger partial charge in [0.15, 0.2) is 0 Å². The highest BCUT2D eigenvalue weighted by Crippen LogP contribution is 2.43. The topological polar surface area (TPSA) is 41.1 Å². The van der Waals surface area contributed by atoms with Crippen LogP contribution in [0.3, 0.4) is 0 Å². The third-order valence-corrected chi connectivity index (χ3v) is 4.27. The number of anilines is 1. The summed E-state index contributed by atoms with van der Waals surface area (Å²) in [5, 5.41) is 6.35. The molecule has 0 radical (unpaired) electrons. The molecule has 3 heteroatoms. The van der Waals surface area contributed by atoms with Crippen molar-refractivity contribution in [1.82, 2.24) is 5.32 Å². The minimum absolute atomic E-state index is 0.0271. The minimum Gasteiger partial charge on any atom is -0.326 e. The fourth-order valence-corrected chi connectivity index (χ4v) is 2.71. The summed E-state index contributed by atoms with van der Waals surface area (Å²) in [6, 6.07) is 8.05. The zero-order valence-electron chi connectivity index (χ0n) is 12.0. The van der Waals surface area contributed by atoms with Crippen LogP contribution in [0.4, 0.5) is 5.69 Å². The van der Waals surface area contributed by atoms with Gasteiger partial charge in [0.2, 0.25) is 5.91 Å². The van der Waals surface area contributed by atoms with Gasteiger partial charge in [0, 0.05) is 25.7 Å². The molecule has 1 fully saturated rings. The number of carbonyl (C=O) groups is 1. The van der Waals surface area contributed by atoms with E-state index in [-0.39, 0.29) is 5.91 Å². The zero-order chi connectivity index (χ0) is 13.7. The summed E-state index contributed by atoms with van der Waals surface area (Å²) in [7, 11) is 0. The number of benzene rings is 1. The molecular formula is C16H24N2O. The third kappa shape index (κ3) is 3.80. The summed E-state index contributed by atoms with van der Waals surface area (Å²) >= 11 is 0. The average molecular weight is 260 g/mol. The molecule has 2 N–H and O–H groups in total. The summed E-state index contributed by atoms with van der Waals surface area (Å²) in [6.07, 6.45) is 5.42. The van der Waals surface area contributed by atoms with Crippen molar-refractivity contribution in [3.63, 3.8) is 0 Å². The maximum atomic E-state index is 10.9. The summed E-state index contributed by atoms with van der Waals surface area (Å²) in [4.78, 5) is 10.9. The van der Waals surface area contributed by atoms with Gasteiger partial charge in [-0.3, -0.25) is 4.79 Å². The van der Waals surface area contributed by atoms with Crippen molar-refractivity contribution in [3.05, 3.63) is 29.8 Å². The molecule has 104 valence electrons.